The van der Waals surface area contributed by atoms with Crippen LogP contribution in [0.3, 0.4) is 0 Å². The van der Waals surface area contributed by atoms with Gasteiger partial charge in [-0.05, 0) is 36.6 Å². The second-order valence-corrected chi connectivity index (χ2v) is 6.20. The van der Waals surface area contributed by atoms with E-state index in [-0.39, 0.29) is 0 Å². The van der Waals surface area contributed by atoms with Crippen molar-refractivity contribution in [3.05, 3.63) is 91.3 Å². The van der Waals surface area contributed by atoms with Crippen molar-refractivity contribution in [3.8, 4) is 22.5 Å². The third kappa shape index (κ3) is 3.54. The van der Waals surface area contributed by atoms with Gasteiger partial charge in [-0.15, -0.1) is 0 Å². The maximum absolute atomic E-state index is 4.72. The topological polar surface area (TPSA) is 43.6 Å². The molecule has 0 fully saturated rings. The molecular weight excluding hydrogens is 320 g/mol. The Morgan fingerprint density at radius 2 is 1.62 bits per heavy atom. The number of rotatable bonds is 6. The third-order valence-corrected chi connectivity index (χ3v) is 4.43. The molecule has 0 spiro atoms. The first-order valence-corrected chi connectivity index (χ1v) is 8.81. The fraction of sp³-hybridized carbons (Fsp3) is 0.136. The lowest BCUT2D eigenvalue weighted by atomic mass is 10.1. The molecule has 0 aliphatic carbocycles. The summed E-state index contributed by atoms with van der Waals surface area (Å²) in [4.78, 5) is 13.1. The van der Waals surface area contributed by atoms with Gasteiger partial charge in [0.15, 0.2) is 0 Å². The predicted molar refractivity (Wildman–Crippen MR) is 103 cm³/mol. The summed E-state index contributed by atoms with van der Waals surface area (Å²) in [7, 11) is 0. The number of pyridine rings is 2. The molecule has 4 heteroatoms. The van der Waals surface area contributed by atoms with Gasteiger partial charge >= 0.3 is 0 Å². The van der Waals surface area contributed by atoms with Crippen LogP contribution in [-0.4, -0.2) is 19.5 Å². The molecule has 0 atom stereocenters. The summed E-state index contributed by atoms with van der Waals surface area (Å²) in [6.07, 6.45) is 11.4. The summed E-state index contributed by atoms with van der Waals surface area (Å²) in [6.45, 7) is 0.909. The summed E-state index contributed by atoms with van der Waals surface area (Å²) >= 11 is 0. The monoisotopic (exact) mass is 340 g/mol. The molecule has 128 valence electrons. The average molecular weight is 340 g/mol. The highest BCUT2D eigenvalue weighted by molar-refractivity contribution is 5.78. The molecule has 26 heavy (non-hydrogen) atoms. The molecule has 4 rings (SSSR count). The normalized spacial score (nSPS) is 10.8. The van der Waals surface area contributed by atoms with Gasteiger partial charge in [0, 0.05) is 42.5 Å². The standard InChI is InChI=1S/C22H20N4/c1-2-8-19(9-3-1)21-22(20-10-13-23-14-11-20)26(17-25-21)15-5-7-18-6-4-12-24-16-18/h1-4,6,8-14,16-17H,5,7,15H2. The van der Waals surface area contributed by atoms with Crippen LogP contribution in [-0.2, 0) is 13.0 Å². The van der Waals surface area contributed by atoms with E-state index in [2.05, 4.69) is 32.7 Å². The van der Waals surface area contributed by atoms with Gasteiger partial charge in [0.1, 0.15) is 0 Å². The fourth-order valence-corrected chi connectivity index (χ4v) is 3.17. The Bertz CT molecular complexity index is 947. The SMILES string of the molecule is c1ccc(-c2ncn(CCCc3cccnc3)c2-c2ccncc2)cc1. The van der Waals surface area contributed by atoms with Crippen LogP contribution in [0.1, 0.15) is 12.0 Å². The zero-order valence-corrected chi connectivity index (χ0v) is 14.5. The smallest absolute Gasteiger partial charge is 0.0963 e. The molecule has 0 bridgehead atoms. The van der Waals surface area contributed by atoms with Gasteiger partial charge < -0.3 is 4.57 Å². The van der Waals surface area contributed by atoms with E-state index in [0.717, 1.165) is 41.9 Å². The van der Waals surface area contributed by atoms with Gasteiger partial charge in [-0.2, -0.15) is 0 Å². The second kappa shape index (κ2) is 7.74. The van der Waals surface area contributed by atoms with E-state index in [4.69, 9.17) is 4.98 Å². The van der Waals surface area contributed by atoms with E-state index in [1.807, 2.05) is 67.5 Å². The Kier molecular flexibility index (Phi) is 4.83. The molecule has 0 unspecified atom stereocenters. The van der Waals surface area contributed by atoms with Crippen molar-refractivity contribution in [2.45, 2.75) is 19.4 Å². The predicted octanol–water partition coefficient (Wildman–Crippen LogP) is 4.64. The minimum atomic E-state index is 0.909. The van der Waals surface area contributed by atoms with Gasteiger partial charge in [0.25, 0.3) is 0 Å². The highest BCUT2D eigenvalue weighted by Crippen LogP contribution is 2.31. The minimum absolute atomic E-state index is 0.909. The van der Waals surface area contributed by atoms with Crippen molar-refractivity contribution in [2.24, 2.45) is 0 Å². The van der Waals surface area contributed by atoms with Crippen LogP contribution in [0.25, 0.3) is 22.5 Å². The Balaban J connectivity index is 1.63. The van der Waals surface area contributed by atoms with E-state index < -0.39 is 0 Å². The van der Waals surface area contributed by atoms with Gasteiger partial charge in [0.2, 0.25) is 0 Å². The molecule has 1 aromatic carbocycles. The van der Waals surface area contributed by atoms with Gasteiger partial charge in [-0.3, -0.25) is 9.97 Å². The molecule has 0 N–H and O–H groups in total. The van der Waals surface area contributed by atoms with E-state index in [0.29, 0.717) is 0 Å². The molecular formula is C22H20N4. The minimum Gasteiger partial charge on any atom is -0.330 e. The molecule has 3 aromatic heterocycles. The maximum Gasteiger partial charge on any atom is 0.0963 e. The highest BCUT2D eigenvalue weighted by Gasteiger charge is 2.14. The molecule has 4 nitrogen and oxygen atoms in total. The molecule has 0 aliphatic heterocycles. The highest BCUT2D eigenvalue weighted by atomic mass is 15.1. The summed E-state index contributed by atoms with van der Waals surface area (Å²) in [6, 6.07) is 18.5. The quantitative estimate of drug-likeness (QED) is 0.513. The molecule has 0 amide bonds. The van der Waals surface area contributed by atoms with Gasteiger partial charge in [-0.1, -0.05) is 36.4 Å². The average Bonchev–Trinajstić information content (AvgIpc) is 3.14. The van der Waals surface area contributed by atoms with E-state index >= 15 is 0 Å². The Labute approximate surface area is 153 Å². The zero-order valence-electron chi connectivity index (χ0n) is 14.5. The number of aromatic nitrogens is 4. The Hall–Kier alpha value is -3.27. The summed E-state index contributed by atoms with van der Waals surface area (Å²) in [5.41, 5.74) is 5.69. The Morgan fingerprint density at radius 3 is 2.38 bits per heavy atom. The van der Waals surface area contributed by atoms with Crippen molar-refractivity contribution in [3.63, 3.8) is 0 Å². The maximum atomic E-state index is 4.72. The fourth-order valence-electron chi connectivity index (χ4n) is 3.17. The number of imidazole rings is 1. The number of benzene rings is 1. The van der Waals surface area contributed by atoms with Crippen LogP contribution in [0.2, 0.25) is 0 Å². The number of aryl methyl sites for hydroxylation is 2. The van der Waals surface area contributed by atoms with Crippen molar-refractivity contribution in [2.75, 3.05) is 0 Å². The first-order valence-electron chi connectivity index (χ1n) is 8.81. The van der Waals surface area contributed by atoms with Gasteiger partial charge in [0.05, 0.1) is 17.7 Å². The number of hydrogen-bond acceptors (Lipinski definition) is 3. The lowest BCUT2D eigenvalue weighted by Crippen LogP contribution is -2.01. The van der Waals surface area contributed by atoms with Gasteiger partial charge in [-0.25, -0.2) is 4.98 Å². The first kappa shape index (κ1) is 16.2. The second-order valence-electron chi connectivity index (χ2n) is 6.20. The summed E-state index contributed by atoms with van der Waals surface area (Å²) in [5, 5.41) is 0. The van der Waals surface area contributed by atoms with E-state index in [1.54, 1.807) is 0 Å². The van der Waals surface area contributed by atoms with E-state index in [1.165, 1.54) is 5.56 Å². The number of nitrogens with zero attached hydrogens (tertiary/aromatic N) is 4. The van der Waals surface area contributed by atoms with Crippen molar-refractivity contribution in [1.82, 2.24) is 19.5 Å². The lowest BCUT2D eigenvalue weighted by molar-refractivity contribution is 0.646. The van der Waals surface area contributed by atoms with Crippen LogP contribution >= 0.6 is 0 Å². The molecule has 0 saturated heterocycles. The zero-order chi connectivity index (χ0) is 17.6. The van der Waals surface area contributed by atoms with Crippen molar-refractivity contribution >= 4 is 0 Å². The summed E-state index contributed by atoms with van der Waals surface area (Å²) in [5.74, 6) is 0. The largest absolute Gasteiger partial charge is 0.330 e. The lowest BCUT2D eigenvalue weighted by Gasteiger charge is -2.10. The summed E-state index contributed by atoms with van der Waals surface area (Å²) < 4.78 is 2.24. The Morgan fingerprint density at radius 1 is 0.769 bits per heavy atom. The molecule has 0 radical (unpaired) electrons. The third-order valence-electron chi connectivity index (χ3n) is 4.43. The first-order chi connectivity index (χ1) is 12.9. The molecule has 3 heterocycles. The van der Waals surface area contributed by atoms with Crippen LogP contribution in [0.5, 0.6) is 0 Å². The molecule has 0 aliphatic rings. The van der Waals surface area contributed by atoms with Crippen molar-refractivity contribution < 1.29 is 0 Å². The van der Waals surface area contributed by atoms with Crippen LogP contribution in [0, 0.1) is 0 Å². The van der Waals surface area contributed by atoms with Crippen LogP contribution in [0.4, 0.5) is 0 Å². The molecule has 4 aromatic rings. The van der Waals surface area contributed by atoms with E-state index in [9.17, 15) is 0 Å². The van der Waals surface area contributed by atoms with Crippen LogP contribution in [0.15, 0.2) is 85.7 Å². The van der Waals surface area contributed by atoms with Crippen molar-refractivity contribution in [1.29, 1.82) is 0 Å². The molecule has 0 saturated carbocycles. The number of hydrogen-bond donors (Lipinski definition) is 0. The van der Waals surface area contributed by atoms with Crippen LogP contribution < -0.4 is 0 Å².